The van der Waals surface area contributed by atoms with Gasteiger partial charge in [0.1, 0.15) is 12.7 Å². The minimum Gasteiger partial charge on any atom is -0.329 e. The van der Waals surface area contributed by atoms with E-state index < -0.39 is 24.5 Å². The Morgan fingerprint density at radius 1 is 1.08 bits per heavy atom. The summed E-state index contributed by atoms with van der Waals surface area (Å²) in [5.41, 5.74) is 7.17. The molecule has 0 bridgehead atoms. The summed E-state index contributed by atoms with van der Waals surface area (Å²) in [5.74, 6) is -0.527. The third-order valence-corrected chi connectivity index (χ3v) is 8.55. The number of amides is 2. The van der Waals surface area contributed by atoms with Gasteiger partial charge in [-0.1, -0.05) is 11.6 Å². The Morgan fingerprint density at radius 2 is 1.79 bits per heavy atom. The van der Waals surface area contributed by atoms with Gasteiger partial charge >= 0.3 is 5.76 Å². The Bertz CT molecular complexity index is 1150. The molecule has 2 aliphatic heterocycles. The summed E-state index contributed by atoms with van der Waals surface area (Å²) in [6.45, 7) is 1.90. The molecular weight excluding hydrogens is 491 g/mol. The van der Waals surface area contributed by atoms with Crippen molar-refractivity contribution in [2.75, 3.05) is 31.6 Å². The van der Waals surface area contributed by atoms with Gasteiger partial charge in [-0.15, -0.1) is 0 Å². The van der Waals surface area contributed by atoms with Crippen molar-refractivity contribution < 1.29 is 18.5 Å². The molecule has 10 nitrogen and oxygen atoms in total. The second-order valence-electron chi connectivity index (χ2n) is 10.9. The molecule has 2 amide bonds. The zero-order valence-corrected chi connectivity index (χ0v) is 21.6. The molecule has 11 heteroatoms. The first-order valence-electron chi connectivity index (χ1n) is 13.8. The summed E-state index contributed by atoms with van der Waals surface area (Å²) in [6, 6.07) is 5.91. The average Bonchev–Trinajstić information content (AvgIpc) is 3.60. The van der Waals surface area contributed by atoms with E-state index in [4.69, 9.17) is 5.73 Å². The molecule has 3 fully saturated rings. The number of aromatic nitrogens is 2. The van der Waals surface area contributed by atoms with Crippen LogP contribution in [-0.2, 0) is 9.59 Å². The minimum atomic E-state index is -0.633. The van der Waals surface area contributed by atoms with Gasteiger partial charge < -0.3 is 16.0 Å². The molecule has 3 aliphatic rings. The van der Waals surface area contributed by atoms with Crippen LogP contribution in [0.15, 0.2) is 33.6 Å². The number of H-pyrrole nitrogens is 1. The molecule has 1 aromatic heterocycles. The van der Waals surface area contributed by atoms with Gasteiger partial charge in [0.05, 0.1) is 0 Å². The van der Waals surface area contributed by atoms with E-state index >= 15 is 0 Å². The van der Waals surface area contributed by atoms with Crippen molar-refractivity contribution in [2.24, 2.45) is 17.6 Å². The molecule has 38 heavy (non-hydrogen) atoms. The lowest BCUT2D eigenvalue weighted by molar-refractivity contribution is -0.142. The third kappa shape index (κ3) is 5.68. The van der Waals surface area contributed by atoms with Crippen molar-refractivity contribution in [3.05, 3.63) is 34.8 Å². The van der Waals surface area contributed by atoms with Crippen molar-refractivity contribution in [3.8, 4) is 11.4 Å². The highest BCUT2D eigenvalue weighted by molar-refractivity contribution is 5.98. The largest absolute Gasteiger partial charge is 0.439 e. The van der Waals surface area contributed by atoms with Crippen molar-refractivity contribution >= 4 is 17.5 Å². The number of carbonyl (C=O) groups excluding carboxylic acids is 2. The number of carbonyl (C=O) groups is 2. The van der Waals surface area contributed by atoms with Gasteiger partial charge in [0, 0.05) is 35.8 Å². The van der Waals surface area contributed by atoms with Gasteiger partial charge in [0.2, 0.25) is 11.8 Å². The van der Waals surface area contributed by atoms with E-state index in [0.717, 1.165) is 45.2 Å². The maximum absolute atomic E-state index is 13.7. The van der Waals surface area contributed by atoms with Crippen LogP contribution in [0.25, 0.3) is 11.4 Å². The number of nitrogens with two attached hydrogens (primary N) is 1. The number of piperidine rings is 1. The monoisotopic (exact) mass is 528 g/mol. The molecule has 0 radical (unpaired) electrons. The Labute approximate surface area is 221 Å². The Hall–Kier alpha value is -3.05. The van der Waals surface area contributed by atoms with E-state index in [1.54, 1.807) is 29.2 Å². The van der Waals surface area contributed by atoms with Crippen LogP contribution >= 0.6 is 0 Å². The van der Waals surface area contributed by atoms with Crippen LogP contribution in [0.2, 0.25) is 0 Å². The number of nitrogens with zero attached hydrogens (tertiary/aromatic N) is 3. The van der Waals surface area contributed by atoms with Crippen LogP contribution in [0.5, 0.6) is 0 Å². The van der Waals surface area contributed by atoms with Crippen molar-refractivity contribution in [1.82, 2.24) is 19.9 Å². The molecule has 5 rings (SSSR count). The molecule has 0 spiro atoms. The SMILES string of the molecule is N[C@H](CF)C1CCC(C(=O)N2CC[C@@H](N3CCCCC3)[C@H]2C(=O)Nc2ccc(-c3noc(=O)[nH]3)cc2)CC1. The van der Waals surface area contributed by atoms with Crippen LogP contribution in [-0.4, -0.2) is 76.2 Å². The van der Waals surface area contributed by atoms with Gasteiger partial charge in [-0.25, -0.2) is 9.18 Å². The number of likely N-dealkylation sites (tertiary alicyclic amines) is 2. The standard InChI is InChI=1S/C27H37FN6O4/c28-16-21(29)17-4-6-19(7-5-17)26(36)34-15-12-22(33-13-2-1-3-14-33)23(34)25(35)30-20-10-8-18(9-11-20)24-31-27(37)38-32-24/h8-11,17,19,21-23H,1-7,12-16,29H2,(H,30,35)(H,31,32,37)/t17?,19?,21-,22-,23+/m1/s1. The lowest BCUT2D eigenvalue weighted by Gasteiger charge is -2.38. The molecule has 3 heterocycles. The first kappa shape index (κ1) is 26.6. The lowest BCUT2D eigenvalue weighted by Crippen LogP contribution is -2.55. The minimum absolute atomic E-state index is 0.0185. The molecule has 3 atom stereocenters. The summed E-state index contributed by atoms with van der Waals surface area (Å²) >= 11 is 0. The Morgan fingerprint density at radius 3 is 2.42 bits per heavy atom. The van der Waals surface area contributed by atoms with Crippen LogP contribution in [0.4, 0.5) is 10.1 Å². The van der Waals surface area contributed by atoms with Gasteiger partial charge in [-0.2, -0.15) is 0 Å². The van der Waals surface area contributed by atoms with Gasteiger partial charge in [-0.3, -0.25) is 24.0 Å². The summed E-state index contributed by atoms with van der Waals surface area (Å²) in [5, 5.41) is 6.71. The highest BCUT2D eigenvalue weighted by Crippen LogP contribution is 2.35. The van der Waals surface area contributed by atoms with Crippen molar-refractivity contribution in [2.45, 2.75) is 69.5 Å². The van der Waals surface area contributed by atoms with E-state index in [2.05, 4.69) is 24.9 Å². The molecule has 4 N–H and O–H groups in total. The second-order valence-corrected chi connectivity index (χ2v) is 10.9. The highest BCUT2D eigenvalue weighted by atomic mass is 19.1. The zero-order chi connectivity index (χ0) is 26.6. The van der Waals surface area contributed by atoms with E-state index in [1.807, 2.05) is 0 Å². The number of alkyl halides is 1. The second kappa shape index (κ2) is 11.8. The van der Waals surface area contributed by atoms with Crippen LogP contribution in [0.1, 0.15) is 51.4 Å². The third-order valence-electron chi connectivity index (χ3n) is 8.55. The number of hydrogen-bond donors (Lipinski definition) is 3. The summed E-state index contributed by atoms with van der Waals surface area (Å²) in [6.07, 6.45) is 7.01. The van der Waals surface area contributed by atoms with Gasteiger partial charge in [0.15, 0.2) is 5.82 Å². The topological polar surface area (TPSA) is 138 Å². The summed E-state index contributed by atoms with van der Waals surface area (Å²) < 4.78 is 17.6. The predicted molar refractivity (Wildman–Crippen MR) is 140 cm³/mol. The fraction of sp³-hybridized carbons (Fsp3) is 0.630. The number of hydrogen-bond acceptors (Lipinski definition) is 7. The normalized spacial score (nSPS) is 27.3. The number of anilines is 1. The number of aromatic amines is 1. The highest BCUT2D eigenvalue weighted by Gasteiger charge is 2.46. The predicted octanol–water partition coefficient (Wildman–Crippen LogP) is 2.53. The van der Waals surface area contributed by atoms with Gasteiger partial charge in [0.25, 0.3) is 0 Å². The van der Waals surface area contributed by atoms with Crippen molar-refractivity contribution in [1.29, 1.82) is 0 Å². The fourth-order valence-corrected chi connectivity index (χ4v) is 6.41. The first-order chi connectivity index (χ1) is 18.4. The van der Waals surface area contributed by atoms with E-state index in [0.29, 0.717) is 36.5 Å². The molecule has 1 saturated carbocycles. The first-order valence-corrected chi connectivity index (χ1v) is 13.8. The van der Waals surface area contributed by atoms with Crippen LogP contribution < -0.4 is 16.8 Å². The Kier molecular flexibility index (Phi) is 8.23. The number of nitrogens with one attached hydrogen (secondary N) is 2. The molecule has 1 aliphatic carbocycles. The van der Waals surface area contributed by atoms with E-state index in [-0.39, 0.29) is 29.7 Å². The maximum Gasteiger partial charge on any atom is 0.439 e. The van der Waals surface area contributed by atoms with Crippen LogP contribution in [0, 0.1) is 11.8 Å². The van der Waals surface area contributed by atoms with E-state index in [1.165, 1.54) is 6.42 Å². The van der Waals surface area contributed by atoms with Gasteiger partial charge in [-0.05, 0) is 88.2 Å². The zero-order valence-electron chi connectivity index (χ0n) is 21.6. The molecule has 1 aromatic carbocycles. The Balaban J connectivity index is 1.30. The molecule has 2 aromatic rings. The number of halogens is 1. The van der Waals surface area contributed by atoms with E-state index in [9.17, 15) is 18.8 Å². The molecule has 0 unspecified atom stereocenters. The summed E-state index contributed by atoms with van der Waals surface area (Å²) in [4.78, 5) is 45.4. The quantitative estimate of drug-likeness (QED) is 0.502. The molecular formula is C27H37FN6O4. The van der Waals surface area contributed by atoms with Crippen LogP contribution in [0.3, 0.4) is 0 Å². The summed E-state index contributed by atoms with van der Waals surface area (Å²) in [7, 11) is 0. The maximum atomic E-state index is 13.7. The molecule has 2 saturated heterocycles. The molecule has 206 valence electrons. The fourth-order valence-electron chi connectivity index (χ4n) is 6.41. The number of benzene rings is 1. The lowest BCUT2D eigenvalue weighted by atomic mass is 9.78. The van der Waals surface area contributed by atoms with Crippen molar-refractivity contribution in [3.63, 3.8) is 0 Å². The average molecular weight is 529 g/mol. The smallest absolute Gasteiger partial charge is 0.329 e. The number of rotatable bonds is 7.